The number of hydrogen-bond acceptors (Lipinski definition) is 5. The molecule has 1 aromatic carbocycles. The summed E-state index contributed by atoms with van der Waals surface area (Å²) in [6.07, 6.45) is 6.53. The van der Waals surface area contributed by atoms with Gasteiger partial charge < -0.3 is 10.1 Å². The molecule has 3 fully saturated rings. The molecule has 2 aliphatic heterocycles. The Kier molecular flexibility index (Phi) is 6.53. The minimum atomic E-state index is -3.51. The van der Waals surface area contributed by atoms with Gasteiger partial charge in [-0.05, 0) is 55.5 Å². The van der Waals surface area contributed by atoms with E-state index >= 15 is 0 Å². The zero-order valence-corrected chi connectivity index (χ0v) is 17.7. The van der Waals surface area contributed by atoms with E-state index in [1.165, 1.54) is 36.4 Å². The number of carbonyl (C=O) groups is 1. The van der Waals surface area contributed by atoms with Crippen molar-refractivity contribution in [1.82, 2.24) is 9.21 Å². The van der Waals surface area contributed by atoms with Gasteiger partial charge in [0.05, 0.1) is 24.7 Å². The highest BCUT2D eigenvalue weighted by Crippen LogP contribution is 2.35. The van der Waals surface area contributed by atoms with Crippen LogP contribution in [-0.4, -0.2) is 69.5 Å². The molecule has 8 heteroatoms. The maximum Gasteiger partial charge on any atom is 0.243 e. The van der Waals surface area contributed by atoms with Gasteiger partial charge in [0.15, 0.2) is 0 Å². The fourth-order valence-electron chi connectivity index (χ4n) is 4.87. The number of anilines is 1. The standard InChI is InChI=1S/C21H31N3O4S/c25-21(16-23-10-9-17-3-1-2-4-18(17)15-23)22-19-5-7-20(8-6-19)29(26,27)24-11-13-28-14-12-24/h5-8,17-18H,1-4,9-16H2,(H,22,25)/t17-,18-/m1/s1. The lowest BCUT2D eigenvalue weighted by Gasteiger charge is -2.41. The number of rotatable bonds is 5. The molecule has 1 aliphatic carbocycles. The summed E-state index contributed by atoms with van der Waals surface area (Å²) >= 11 is 0. The Morgan fingerprint density at radius 3 is 2.41 bits per heavy atom. The smallest absolute Gasteiger partial charge is 0.243 e. The van der Waals surface area contributed by atoms with Crippen LogP contribution >= 0.6 is 0 Å². The molecule has 1 amide bonds. The molecule has 2 heterocycles. The van der Waals surface area contributed by atoms with Gasteiger partial charge in [-0.25, -0.2) is 8.42 Å². The average Bonchev–Trinajstić information content (AvgIpc) is 2.74. The van der Waals surface area contributed by atoms with Gasteiger partial charge in [-0.1, -0.05) is 19.3 Å². The minimum absolute atomic E-state index is 0.0388. The number of likely N-dealkylation sites (tertiary alicyclic amines) is 1. The second-order valence-electron chi connectivity index (χ2n) is 8.42. The van der Waals surface area contributed by atoms with Crippen molar-refractivity contribution >= 4 is 21.6 Å². The van der Waals surface area contributed by atoms with Crippen LogP contribution in [0.5, 0.6) is 0 Å². The third kappa shape index (κ3) is 4.99. The van der Waals surface area contributed by atoms with Crippen molar-refractivity contribution in [2.75, 3.05) is 51.3 Å². The van der Waals surface area contributed by atoms with Crippen molar-refractivity contribution in [3.8, 4) is 0 Å². The van der Waals surface area contributed by atoms with Crippen molar-refractivity contribution < 1.29 is 17.9 Å². The van der Waals surface area contributed by atoms with Crippen LogP contribution < -0.4 is 5.32 Å². The second-order valence-corrected chi connectivity index (χ2v) is 10.4. The van der Waals surface area contributed by atoms with Gasteiger partial charge >= 0.3 is 0 Å². The molecular weight excluding hydrogens is 390 g/mol. The Hall–Kier alpha value is -1.48. The first-order valence-electron chi connectivity index (χ1n) is 10.7. The Bertz CT molecular complexity index is 806. The molecule has 1 saturated carbocycles. The van der Waals surface area contributed by atoms with Crippen LogP contribution in [0.25, 0.3) is 0 Å². The van der Waals surface area contributed by atoms with Gasteiger partial charge in [0, 0.05) is 25.3 Å². The summed E-state index contributed by atoms with van der Waals surface area (Å²) in [4.78, 5) is 15.0. The fourth-order valence-corrected chi connectivity index (χ4v) is 6.28. The van der Waals surface area contributed by atoms with E-state index in [1.807, 2.05) is 0 Å². The van der Waals surface area contributed by atoms with E-state index in [1.54, 1.807) is 24.3 Å². The molecule has 0 unspecified atom stereocenters. The Morgan fingerprint density at radius 1 is 1.00 bits per heavy atom. The Labute approximate surface area is 173 Å². The molecular formula is C21H31N3O4S. The number of nitrogens with zero attached hydrogens (tertiary/aromatic N) is 2. The van der Waals surface area contributed by atoms with E-state index in [4.69, 9.17) is 4.74 Å². The highest BCUT2D eigenvalue weighted by atomic mass is 32.2. The summed E-state index contributed by atoms with van der Waals surface area (Å²) in [5, 5.41) is 2.91. The summed E-state index contributed by atoms with van der Waals surface area (Å²) in [5.74, 6) is 1.56. The molecule has 160 valence electrons. The summed E-state index contributed by atoms with van der Waals surface area (Å²) in [6, 6.07) is 6.46. The third-order valence-electron chi connectivity index (χ3n) is 6.49. The Balaban J connectivity index is 1.31. The van der Waals surface area contributed by atoms with Gasteiger partial charge in [-0.15, -0.1) is 0 Å². The molecule has 2 atom stereocenters. The first-order valence-corrected chi connectivity index (χ1v) is 12.2. The molecule has 1 aromatic rings. The molecule has 29 heavy (non-hydrogen) atoms. The van der Waals surface area contributed by atoms with E-state index in [9.17, 15) is 13.2 Å². The van der Waals surface area contributed by atoms with Crippen molar-refractivity contribution in [3.05, 3.63) is 24.3 Å². The number of ether oxygens (including phenoxy) is 1. The topological polar surface area (TPSA) is 79.0 Å². The van der Waals surface area contributed by atoms with Gasteiger partial charge in [0.1, 0.15) is 0 Å². The molecule has 3 aliphatic rings. The van der Waals surface area contributed by atoms with Crippen LogP contribution in [0.15, 0.2) is 29.2 Å². The third-order valence-corrected chi connectivity index (χ3v) is 8.40. The lowest BCUT2D eigenvalue weighted by atomic mass is 9.75. The number of hydrogen-bond donors (Lipinski definition) is 1. The van der Waals surface area contributed by atoms with E-state index in [0.717, 1.165) is 24.9 Å². The SMILES string of the molecule is O=C(CN1CC[C@H]2CCCC[C@@H]2C1)Nc1ccc(S(=O)(=O)N2CCOCC2)cc1. The van der Waals surface area contributed by atoms with Gasteiger partial charge in [0.25, 0.3) is 0 Å². The lowest BCUT2D eigenvalue weighted by molar-refractivity contribution is -0.118. The summed E-state index contributed by atoms with van der Waals surface area (Å²) in [7, 11) is -3.51. The van der Waals surface area contributed by atoms with E-state index in [0.29, 0.717) is 38.5 Å². The molecule has 0 bridgehead atoms. The number of benzene rings is 1. The predicted molar refractivity (Wildman–Crippen MR) is 111 cm³/mol. The van der Waals surface area contributed by atoms with Crippen LogP contribution in [0, 0.1) is 11.8 Å². The minimum Gasteiger partial charge on any atom is -0.379 e. The van der Waals surface area contributed by atoms with Gasteiger partial charge in [-0.2, -0.15) is 4.31 Å². The molecule has 7 nitrogen and oxygen atoms in total. The average molecular weight is 422 g/mol. The normalized spacial score (nSPS) is 26.6. The van der Waals surface area contributed by atoms with Gasteiger partial charge in [-0.3, -0.25) is 9.69 Å². The molecule has 4 rings (SSSR count). The molecule has 0 radical (unpaired) electrons. The number of carbonyl (C=O) groups excluding carboxylic acids is 1. The molecule has 0 aromatic heterocycles. The number of piperidine rings is 1. The lowest BCUT2D eigenvalue weighted by Crippen LogP contribution is -2.44. The van der Waals surface area contributed by atoms with E-state index in [2.05, 4.69) is 10.2 Å². The van der Waals surface area contributed by atoms with Crippen molar-refractivity contribution in [2.24, 2.45) is 11.8 Å². The summed E-state index contributed by atoms with van der Waals surface area (Å²) in [5.41, 5.74) is 0.628. The quantitative estimate of drug-likeness (QED) is 0.788. The molecule has 1 N–H and O–H groups in total. The van der Waals surface area contributed by atoms with Crippen LogP contribution in [0.1, 0.15) is 32.1 Å². The predicted octanol–water partition coefficient (Wildman–Crippen LogP) is 2.16. The monoisotopic (exact) mass is 421 g/mol. The highest BCUT2D eigenvalue weighted by Gasteiger charge is 2.31. The maximum atomic E-state index is 12.7. The molecule has 0 spiro atoms. The van der Waals surface area contributed by atoms with Crippen molar-refractivity contribution in [1.29, 1.82) is 0 Å². The zero-order chi connectivity index (χ0) is 20.3. The summed E-state index contributed by atoms with van der Waals surface area (Å²) in [6.45, 7) is 4.01. The second kappa shape index (κ2) is 9.12. The first-order chi connectivity index (χ1) is 14.0. The van der Waals surface area contributed by atoms with Gasteiger partial charge in [0.2, 0.25) is 15.9 Å². The number of amides is 1. The van der Waals surface area contributed by atoms with E-state index in [-0.39, 0.29) is 10.8 Å². The number of sulfonamides is 1. The van der Waals surface area contributed by atoms with Crippen LogP contribution in [-0.2, 0) is 19.6 Å². The summed E-state index contributed by atoms with van der Waals surface area (Å²) < 4.78 is 32.0. The van der Waals surface area contributed by atoms with Crippen LogP contribution in [0.4, 0.5) is 5.69 Å². The maximum absolute atomic E-state index is 12.7. The molecule has 2 saturated heterocycles. The highest BCUT2D eigenvalue weighted by molar-refractivity contribution is 7.89. The first kappa shape index (κ1) is 20.8. The van der Waals surface area contributed by atoms with E-state index < -0.39 is 10.0 Å². The van der Waals surface area contributed by atoms with Crippen molar-refractivity contribution in [3.63, 3.8) is 0 Å². The number of fused-ring (bicyclic) bond motifs is 1. The number of nitrogens with one attached hydrogen (secondary N) is 1. The van der Waals surface area contributed by atoms with Crippen molar-refractivity contribution in [2.45, 2.75) is 37.0 Å². The largest absolute Gasteiger partial charge is 0.379 e. The Morgan fingerprint density at radius 2 is 1.69 bits per heavy atom. The van der Waals surface area contributed by atoms with Crippen LogP contribution in [0.2, 0.25) is 0 Å². The van der Waals surface area contributed by atoms with Crippen LogP contribution in [0.3, 0.4) is 0 Å². The number of morpholine rings is 1. The fraction of sp³-hybridized carbons (Fsp3) is 0.667. The zero-order valence-electron chi connectivity index (χ0n) is 16.9.